The van der Waals surface area contributed by atoms with Gasteiger partial charge in [-0.25, -0.2) is 8.42 Å². The Hall–Kier alpha value is -0.780. The smallest absolute Gasteiger partial charge is 0.151 e. The molecule has 1 aromatic carbocycles. The van der Waals surface area contributed by atoms with Crippen molar-refractivity contribution in [3.63, 3.8) is 0 Å². The highest BCUT2D eigenvalue weighted by Crippen LogP contribution is 2.32. The third kappa shape index (κ3) is 2.88. The van der Waals surface area contributed by atoms with E-state index in [1.807, 2.05) is 12.1 Å². The van der Waals surface area contributed by atoms with Crippen LogP contribution >= 0.6 is 11.6 Å². The van der Waals surface area contributed by atoms with E-state index in [0.29, 0.717) is 24.6 Å². The second-order valence-corrected chi connectivity index (χ2v) is 7.80. The summed E-state index contributed by atoms with van der Waals surface area (Å²) in [6.07, 6.45) is 1.58. The Morgan fingerprint density at radius 3 is 3.00 bits per heavy atom. The molecule has 0 radical (unpaired) electrons. The molecular formula is C13H16ClNO3S. The number of halogens is 1. The lowest BCUT2D eigenvalue weighted by molar-refractivity contribution is 0.351. The number of hydrogen-bond donors (Lipinski definition) is 1. The van der Waals surface area contributed by atoms with Crippen molar-refractivity contribution in [2.24, 2.45) is 0 Å². The molecule has 6 heteroatoms. The Bertz CT molecular complexity index is 600. The van der Waals surface area contributed by atoms with Crippen molar-refractivity contribution >= 4 is 21.4 Å². The van der Waals surface area contributed by atoms with Crippen molar-refractivity contribution in [3.8, 4) is 5.75 Å². The van der Waals surface area contributed by atoms with Crippen LogP contribution < -0.4 is 10.1 Å². The molecule has 1 aromatic rings. The lowest BCUT2D eigenvalue weighted by atomic mass is 10.1. The van der Waals surface area contributed by atoms with E-state index in [1.165, 1.54) is 0 Å². The fourth-order valence-corrected chi connectivity index (χ4v) is 4.66. The Morgan fingerprint density at radius 1 is 1.42 bits per heavy atom. The van der Waals surface area contributed by atoms with E-state index >= 15 is 0 Å². The van der Waals surface area contributed by atoms with Gasteiger partial charge < -0.3 is 10.1 Å². The van der Waals surface area contributed by atoms with E-state index in [9.17, 15) is 8.42 Å². The average molecular weight is 302 g/mol. The van der Waals surface area contributed by atoms with E-state index in [-0.39, 0.29) is 17.5 Å². The Morgan fingerprint density at radius 2 is 2.26 bits per heavy atom. The van der Waals surface area contributed by atoms with Gasteiger partial charge in [-0.1, -0.05) is 11.6 Å². The number of ether oxygens (including phenoxy) is 1. The van der Waals surface area contributed by atoms with Crippen molar-refractivity contribution in [1.82, 2.24) is 5.32 Å². The third-order valence-electron chi connectivity index (χ3n) is 3.64. The molecular weight excluding hydrogens is 286 g/mol. The van der Waals surface area contributed by atoms with Crippen molar-refractivity contribution in [2.45, 2.75) is 25.4 Å². The van der Waals surface area contributed by atoms with Gasteiger partial charge in [0.15, 0.2) is 9.84 Å². The zero-order chi connectivity index (χ0) is 13.5. The van der Waals surface area contributed by atoms with Gasteiger partial charge in [-0.05, 0) is 24.1 Å². The molecule has 1 atom stereocenters. The van der Waals surface area contributed by atoms with E-state index in [0.717, 1.165) is 23.3 Å². The van der Waals surface area contributed by atoms with E-state index in [2.05, 4.69) is 5.32 Å². The first kappa shape index (κ1) is 13.2. The summed E-state index contributed by atoms with van der Waals surface area (Å²) in [5, 5.41) is 4.00. The number of fused-ring (bicyclic) bond motifs is 1. The molecule has 1 N–H and O–H groups in total. The lowest BCUT2D eigenvalue weighted by Gasteiger charge is -2.13. The van der Waals surface area contributed by atoms with Gasteiger partial charge in [0.2, 0.25) is 0 Å². The molecule has 1 saturated heterocycles. The SMILES string of the molecule is O=S1(=O)CCC(NCc2cc(Cl)cc3c2OCC3)C1. The highest BCUT2D eigenvalue weighted by atomic mass is 35.5. The minimum absolute atomic E-state index is 0.0426. The summed E-state index contributed by atoms with van der Waals surface area (Å²) in [4.78, 5) is 0. The van der Waals surface area contributed by atoms with Crippen molar-refractivity contribution in [2.75, 3.05) is 18.1 Å². The summed E-state index contributed by atoms with van der Waals surface area (Å²) in [5.41, 5.74) is 2.16. The summed E-state index contributed by atoms with van der Waals surface area (Å²) < 4.78 is 28.4. The van der Waals surface area contributed by atoms with Gasteiger partial charge in [-0.2, -0.15) is 0 Å². The number of rotatable bonds is 3. The maximum atomic E-state index is 11.4. The quantitative estimate of drug-likeness (QED) is 0.920. The fraction of sp³-hybridized carbons (Fsp3) is 0.538. The number of benzene rings is 1. The Kier molecular flexibility index (Phi) is 3.45. The molecule has 4 nitrogen and oxygen atoms in total. The number of hydrogen-bond acceptors (Lipinski definition) is 4. The Labute approximate surface area is 118 Å². The van der Waals surface area contributed by atoms with E-state index in [4.69, 9.17) is 16.3 Å². The van der Waals surface area contributed by atoms with Crippen LogP contribution in [0.4, 0.5) is 0 Å². The summed E-state index contributed by atoms with van der Waals surface area (Å²) in [5.74, 6) is 1.43. The van der Waals surface area contributed by atoms with Crippen LogP contribution in [0.1, 0.15) is 17.5 Å². The molecule has 104 valence electrons. The van der Waals surface area contributed by atoms with Crippen molar-refractivity contribution < 1.29 is 13.2 Å². The molecule has 2 aliphatic rings. The first-order chi connectivity index (χ1) is 9.03. The van der Waals surface area contributed by atoms with Gasteiger partial charge in [-0.3, -0.25) is 0 Å². The third-order valence-corrected chi connectivity index (χ3v) is 5.63. The van der Waals surface area contributed by atoms with Crippen molar-refractivity contribution in [3.05, 3.63) is 28.3 Å². The first-order valence-corrected chi connectivity index (χ1v) is 8.61. The van der Waals surface area contributed by atoms with Crippen LogP contribution in [0.15, 0.2) is 12.1 Å². The highest BCUT2D eigenvalue weighted by molar-refractivity contribution is 7.91. The highest BCUT2D eigenvalue weighted by Gasteiger charge is 2.27. The van der Waals surface area contributed by atoms with Crippen molar-refractivity contribution in [1.29, 1.82) is 0 Å². The summed E-state index contributed by atoms with van der Waals surface area (Å²) in [6.45, 7) is 1.30. The van der Waals surface area contributed by atoms with Crippen LogP contribution in [0.25, 0.3) is 0 Å². The monoisotopic (exact) mass is 301 g/mol. The minimum Gasteiger partial charge on any atom is -0.493 e. The van der Waals surface area contributed by atoms with E-state index < -0.39 is 9.84 Å². The molecule has 0 spiro atoms. The predicted molar refractivity (Wildman–Crippen MR) is 74.5 cm³/mol. The predicted octanol–water partition coefficient (Wildman–Crippen LogP) is 1.55. The first-order valence-electron chi connectivity index (χ1n) is 6.41. The lowest BCUT2D eigenvalue weighted by Crippen LogP contribution is -2.29. The molecule has 2 aliphatic heterocycles. The topological polar surface area (TPSA) is 55.4 Å². The summed E-state index contributed by atoms with van der Waals surface area (Å²) in [6, 6.07) is 3.87. The maximum absolute atomic E-state index is 11.4. The van der Waals surface area contributed by atoms with Crippen LogP contribution in [0.2, 0.25) is 5.02 Å². The molecule has 0 aliphatic carbocycles. The fourth-order valence-electron chi connectivity index (χ4n) is 2.69. The van der Waals surface area contributed by atoms with E-state index in [1.54, 1.807) is 0 Å². The summed E-state index contributed by atoms with van der Waals surface area (Å²) >= 11 is 6.09. The number of nitrogens with one attached hydrogen (secondary N) is 1. The van der Waals surface area contributed by atoms with Crippen LogP contribution in [-0.4, -0.2) is 32.6 Å². The molecule has 2 heterocycles. The van der Waals surface area contributed by atoms with Gasteiger partial charge in [0.1, 0.15) is 5.75 Å². The minimum atomic E-state index is -2.84. The molecule has 19 heavy (non-hydrogen) atoms. The van der Waals surface area contributed by atoms with Crippen LogP contribution in [0.5, 0.6) is 5.75 Å². The van der Waals surface area contributed by atoms with Crippen LogP contribution in [0.3, 0.4) is 0 Å². The second-order valence-electron chi connectivity index (χ2n) is 5.13. The second kappa shape index (κ2) is 4.96. The normalized spacial score (nSPS) is 24.2. The average Bonchev–Trinajstić information content (AvgIpc) is 2.92. The molecule has 1 unspecified atom stereocenters. The maximum Gasteiger partial charge on any atom is 0.151 e. The molecule has 0 saturated carbocycles. The number of sulfone groups is 1. The molecule has 0 bridgehead atoms. The molecule has 3 rings (SSSR count). The van der Waals surface area contributed by atoms with Gasteiger partial charge in [0.05, 0.1) is 18.1 Å². The van der Waals surface area contributed by atoms with Crippen LogP contribution in [0, 0.1) is 0 Å². The van der Waals surface area contributed by atoms with Gasteiger partial charge in [0, 0.05) is 29.6 Å². The largest absolute Gasteiger partial charge is 0.493 e. The standard InChI is InChI=1S/C13H16ClNO3S/c14-11-5-9-1-3-18-13(9)10(6-11)7-15-12-2-4-19(16,17)8-12/h5-6,12,15H,1-4,7-8H2. The van der Waals surface area contributed by atoms with Gasteiger partial charge in [0.25, 0.3) is 0 Å². The zero-order valence-electron chi connectivity index (χ0n) is 10.5. The molecule has 1 fully saturated rings. The van der Waals surface area contributed by atoms with Gasteiger partial charge in [-0.15, -0.1) is 0 Å². The van der Waals surface area contributed by atoms with Gasteiger partial charge >= 0.3 is 0 Å². The van der Waals surface area contributed by atoms with Crippen LogP contribution in [-0.2, 0) is 22.8 Å². The Balaban J connectivity index is 1.71. The zero-order valence-corrected chi connectivity index (χ0v) is 12.1. The molecule has 0 amide bonds. The summed E-state index contributed by atoms with van der Waals surface area (Å²) in [7, 11) is -2.84. The molecule has 0 aromatic heterocycles.